The second-order valence-corrected chi connectivity index (χ2v) is 5.74. The molecule has 4 atom stereocenters. The average Bonchev–Trinajstić information content (AvgIpc) is 2.94. The normalized spacial score (nSPS) is 61.6. The maximum absolute atomic E-state index is 13.4. The zero-order valence-corrected chi connectivity index (χ0v) is 11.8. The summed E-state index contributed by atoms with van der Waals surface area (Å²) in [4.78, 5) is 13.9. The van der Waals surface area contributed by atoms with E-state index in [1.54, 1.807) is 0 Å². The van der Waals surface area contributed by atoms with Crippen LogP contribution in [0.5, 0.6) is 11.5 Å². The van der Waals surface area contributed by atoms with Crippen molar-refractivity contribution < 1.29 is 30.7 Å². The molecule has 0 aromatic heterocycles. The summed E-state index contributed by atoms with van der Waals surface area (Å²) in [6.45, 7) is -3.61. The number of piperidine rings is 1. The summed E-state index contributed by atoms with van der Waals surface area (Å²) in [5.41, 5.74) is -3.04. The van der Waals surface area contributed by atoms with Crippen LogP contribution in [0.3, 0.4) is 0 Å². The van der Waals surface area contributed by atoms with Crippen molar-refractivity contribution in [2.24, 2.45) is 5.89 Å². The van der Waals surface area contributed by atoms with Crippen LogP contribution in [0.25, 0.3) is 0 Å². The van der Waals surface area contributed by atoms with Gasteiger partial charge < -0.3 is 14.4 Å². The summed E-state index contributed by atoms with van der Waals surface area (Å²) in [6, 6.07) is -4.47. The second kappa shape index (κ2) is 4.05. The van der Waals surface area contributed by atoms with Crippen LogP contribution in [0.1, 0.15) is 46.8 Å². The summed E-state index contributed by atoms with van der Waals surface area (Å²) in [5, 5.41) is 0. The van der Waals surface area contributed by atoms with Gasteiger partial charge in [0.1, 0.15) is 0 Å². The molecule has 22 heavy (non-hydrogen) atoms. The first kappa shape index (κ1) is 5.82. The first-order valence-corrected chi connectivity index (χ1v) is 7.05. The van der Waals surface area contributed by atoms with E-state index in [1.165, 1.54) is 0 Å². The molecule has 1 aromatic carbocycles. The molecule has 5 rings (SSSR count). The van der Waals surface area contributed by atoms with Gasteiger partial charge in [-0.2, -0.15) is 0 Å². The molecule has 2 aliphatic carbocycles. The van der Waals surface area contributed by atoms with E-state index in [0.717, 1.165) is 7.11 Å². The van der Waals surface area contributed by atoms with Crippen LogP contribution < -0.4 is 9.47 Å². The van der Waals surface area contributed by atoms with Gasteiger partial charge in [0.25, 0.3) is 0 Å². The number of methoxy groups -OCH3 is 1. The Bertz CT molecular complexity index is 1170. The summed E-state index contributed by atoms with van der Waals surface area (Å²) in [6.07, 6.45) is -10.4. The number of likely N-dealkylation sites (N-methyl/N-ethyl adjacent to an activating group) is 1. The van der Waals surface area contributed by atoms with Gasteiger partial charge in [-0.3, -0.25) is 4.79 Å². The summed E-state index contributed by atoms with van der Waals surface area (Å²) < 4.78 is 114. The number of hydrogen-bond donors (Lipinski definition) is 0. The van der Waals surface area contributed by atoms with E-state index in [1.807, 2.05) is 0 Å². The largest absolute Gasteiger partial charge is 0.493 e. The van der Waals surface area contributed by atoms with Crippen molar-refractivity contribution in [2.75, 3.05) is 20.6 Å². The van der Waals surface area contributed by atoms with Gasteiger partial charge in [-0.25, -0.2) is 0 Å². The summed E-state index contributed by atoms with van der Waals surface area (Å²) in [5.74, 6) is -4.85. The summed E-state index contributed by atoms with van der Waals surface area (Å²) >= 11 is 0. The molecule has 4 aliphatic rings. The fourth-order valence-corrected chi connectivity index (χ4v) is 3.93. The molecule has 1 spiro atoms. The highest BCUT2D eigenvalue weighted by atomic mass is 16.5. The van der Waals surface area contributed by atoms with Crippen LogP contribution in [0.15, 0.2) is 12.1 Å². The molecule has 0 radical (unpaired) electrons. The highest BCUT2D eigenvalue weighted by Gasteiger charge is 2.65. The third-order valence-electron chi connectivity index (χ3n) is 4.86. The average molecular weight is 311 g/mol. The first-order valence-electron chi connectivity index (χ1n) is 13.0. The minimum atomic E-state index is -3.11. The third-order valence-corrected chi connectivity index (χ3v) is 4.86. The molecular weight excluding hydrogens is 278 g/mol. The van der Waals surface area contributed by atoms with E-state index in [0.29, 0.717) is 4.90 Å². The molecule has 2 bridgehead atoms. The van der Waals surface area contributed by atoms with Gasteiger partial charge in [0.2, 0.25) is 0 Å². The van der Waals surface area contributed by atoms with E-state index >= 15 is 0 Å². The van der Waals surface area contributed by atoms with Gasteiger partial charge in [-0.05, 0) is 50.2 Å². The Hall–Kier alpha value is -1.55. The smallest absolute Gasteiger partial charge is 0.174 e. The second-order valence-electron chi connectivity index (χ2n) is 5.74. The Morgan fingerprint density at radius 1 is 1.64 bits per heavy atom. The van der Waals surface area contributed by atoms with Gasteiger partial charge in [-0.15, -0.1) is 0 Å². The topological polar surface area (TPSA) is 38.8 Å². The van der Waals surface area contributed by atoms with Crippen molar-refractivity contribution in [2.45, 2.75) is 43.1 Å². The maximum atomic E-state index is 13.4. The van der Waals surface area contributed by atoms with Crippen LogP contribution in [-0.4, -0.2) is 43.4 Å². The molecule has 2 heterocycles. The Kier molecular flexibility index (Phi) is 1.07. The molecule has 2 aliphatic heterocycles. The number of rotatable bonds is 1. The van der Waals surface area contributed by atoms with Gasteiger partial charge >= 0.3 is 0 Å². The van der Waals surface area contributed by atoms with Crippen LogP contribution in [0.2, 0.25) is 0 Å². The lowest BCUT2D eigenvalue weighted by Gasteiger charge is -2.57. The standard InChI is InChI=1S/C18H21NO3/c1-19-8-7-18-11-4-5-13(20)17(18)22-16-14(21-2)6-3-10(15(16)18)9-12(11)19/h3,6,11-12,17H,4-5,7-9H2,1-2H3/t11-,12+,17?,18-/m0/s1/i1D3,3D,5D2,6D,9D2,11D,12D,17D. The Labute approximate surface area is 147 Å². The number of likely N-dealkylation sites (tertiary alicyclic amines) is 1. The fourth-order valence-electron chi connectivity index (χ4n) is 3.93. The SMILES string of the molecule is [2H]c1c([2H])c2c3c(c1OC)OC1([2H])C(=O)C([2H])([2H])C[C@]4([2H])[C@@]31CCN(C([2H])([2H])[2H])[C@]4([2H])C2([2H])[2H]. The molecule has 1 saturated heterocycles. The number of ether oxygens (including phenoxy) is 2. The van der Waals surface area contributed by atoms with Crippen molar-refractivity contribution in [3.8, 4) is 11.5 Å². The third kappa shape index (κ3) is 1.27. The van der Waals surface area contributed by atoms with Gasteiger partial charge in [-0.1, -0.05) is 6.04 Å². The van der Waals surface area contributed by atoms with Crippen molar-refractivity contribution in [1.82, 2.24) is 4.90 Å². The van der Waals surface area contributed by atoms with Crippen LogP contribution in [-0.2, 0) is 16.6 Å². The van der Waals surface area contributed by atoms with Crippen molar-refractivity contribution in [3.05, 3.63) is 23.2 Å². The van der Waals surface area contributed by atoms with E-state index < -0.39 is 91.7 Å². The molecular formula is C18H21NO3. The zero-order chi connectivity index (χ0) is 25.7. The fraction of sp³-hybridized carbons (Fsp3) is 0.611. The molecule has 0 amide bonds. The molecule has 1 saturated carbocycles. The minimum Gasteiger partial charge on any atom is -0.493 e. The number of benzene rings is 1. The molecule has 1 aromatic rings. The predicted octanol–water partition coefficient (Wildman–Crippen LogP) is 1.93. The molecule has 0 N–H and O–H groups in total. The Balaban J connectivity index is 2.05. The van der Waals surface area contributed by atoms with Gasteiger partial charge in [0, 0.05) is 35.7 Å². The minimum absolute atomic E-state index is 0.253. The van der Waals surface area contributed by atoms with Crippen LogP contribution >= 0.6 is 0 Å². The highest BCUT2D eigenvalue weighted by molar-refractivity contribution is 5.89. The highest BCUT2D eigenvalue weighted by Crippen LogP contribution is 2.62. The van der Waals surface area contributed by atoms with Gasteiger partial charge in [0.05, 0.1) is 11.2 Å². The van der Waals surface area contributed by atoms with Crippen molar-refractivity contribution >= 4 is 5.78 Å². The Morgan fingerprint density at radius 3 is 3.36 bits per heavy atom. The Morgan fingerprint density at radius 2 is 2.55 bits per heavy atom. The zero-order valence-electron chi connectivity index (χ0n) is 23.8. The number of ketones is 1. The monoisotopic (exact) mass is 311 g/mol. The first-order chi connectivity index (χ1) is 15.3. The lowest BCUT2D eigenvalue weighted by Crippen LogP contribution is -2.65. The maximum Gasteiger partial charge on any atom is 0.174 e. The lowest BCUT2D eigenvalue weighted by atomic mass is 9.52. The predicted molar refractivity (Wildman–Crippen MR) is 81.6 cm³/mol. The van der Waals surface area contributed by atoms with Crippen molar-refractivity contribution in [1.29, 1.82) is 0 Å². The lowest BCUT2D eigenvalue weighted by molar-refractivity contribution is -0.138. The molecule has 2 fully saturated rings. The number of carbonyl (C=O) groups excluding carboxylic acids is 1. The van der Waals surface area contributed by atoms with Gasteiger partial charge in [0.15, 0.2) is 23.4 Å². The van der Waals surface area contributed by atoms with E-state index in [2.05, 4.69) is 0 Å². The van der Waals surface area contributed by atoms with Crippen LogP contribution in [0.4, 0.5) is 0 Å². The number of hydrogen-bond acceptors (Lipinski definition) is 4. The molecule has 116 valence electrons. The number of Topliss-reactive ketones (excluding diaryl/α,β-unsaturated/α-hetero) is 1. The van der Waals surface area contributed by atoms with E-state index in [4.69, 9.17) is 23.2 Å². The molecule has 1 unspecified atom stereocenters. The molecule has 4 nitrogen and oxygen atoms in total. The van der Waals surface area contributed by atoms with Crippen LogP contribution in [0, 0.1) is 5.89 Å². The van der Waals surface area contributed by atoms with E-state index in [-0.39, 0.29) is 11.3 Å². The summed E-state index contributed by atoms with van der Waals surface area (Å²) in [7, 11) is 1.15. The number of nitrogens with zero attached hydrogens (tertiary/aromatic N) is 1. The number of carbonyl (C=O) groups is 1. The van der Waals surface area contributed by atoms with E-state index in [9.17, 15) is 7.54 Å². The van der Waals surface area contributed by atoms with Crippen molar-refractivity contribution in [3.63, 3.8) is 0 Å². The quantitative estimate of drug-likeness (QED) is 0.794. The molecule has 4 heteroatoms.